The Kier molecular flexibility index (Phi) is 8.25. The lowest BCUT2D eigenvalue weighted by molar-refractivity contribution is -0.131. The second-order valence-corrected chi connectivity index (χ2v) is 9.22. The molecule has 0 radical (unpaired) electrons. The number of furan rings is 1. The molecule has 0 aliphatic heterocycles. The first-order valence-electron chi connectivity index (χ1n) is 12.8. The molecule has 2 heterocycles. The van der Waals surface area contributed by atoms with Gasteiger partial charge in [0.15, 0.2) is 0 Å². The molecule has 2 aromatic heterocycles. The topological polar surface area (TPSA) is 107 Å². The molecule has 4 rings (SSSR count). The van der Waals surface area contributed by atoms with Gasteiger partial charge >= 0.3 is 5.69 Å². The van der Waals surface area contributed by atoms with Crippen LogP contribution in [0.1, 0.15) is 48.4 Å². The van der Waals surface area contributed by atoms with Crippen molar-refractivity contribution >= 4 is 22.7 Å². The van der Waals surface area contributed by atoms with Crippen molar-refractivity contribution in [1.82, 2.24) is 19.4 Å². The van der Waals surface area contributed by atoms with E-state index < -0.39 is 17.2 Å². The molecule has 0 spiro atoms. The zero-order chi connectivity index (χ0) is 27.2. The molecule has 198 valence electrons. The highest BCUT2D eigenvalue weighted by Gasteiger charge is 2.20. The average Bonchev–Trinajstić information content (AvgIpc) is 3.44. The Morgan fingerprint density at radius 1 is 0.974 bits per heavy atom. The lowest BCUT2D eigenvalue weighted by Gasteiger charge is -2.23. The van der Waals surface area contributed by atoms with E-state index in [0.29, 0.717) is 24.5 Å². The van der Waals surface area contributed by atoms with E-state index in [-0.39, 0.29) is 35.5 Å². The van der Waals surface area contributed by atoms with E-state index in [4.69, 9.17) is 4.42 Å². The fourth-order valence-electron chi connectivity index (χ4n) is 4.40. The Bertz CT molecular complexity index is 1540. The monoisotopic (exact) mass is 516 g/mol. The summed E-state index contributed by atoms with van der Waals surface area (Å²) < 4.78 is 7.63. The van der Waals surface area contributed by atoms with E-state index in [1.807, 2.05) is 32.9 Å². The number of benzene rings is 2. The molecule has 9 nitrogen and oxygen atoms in total. The van der Waals surface area contributed by atoms with Gasteiger partial charge in [0.05, 0.1) is 29.4 Å². The van der Waals surface area contributed by atoms with Crippen molar-refractivity contribution in [2.24, 2.45) is 0 Å². The van der Waals surface area contributed by atoms with E-state index in [9.17, 15) is 19.2 Å². The molecule has 0 bridgehead atoms. The maximum absolute atomic E-state index is 13.8. The number of fused-ring (bicyclic) bond motifs is 1. The van der Waals surface area contributed by atoms with Gasteiger partial charge in [-0.1, -0.05) is 31.5 Å². The minimum atomic E-state index is -0.638. The maximum atomic E-state index is 13.8. The molecule has 0 aliphatic rings. The fourth-order valence-corrected chi connectivity index (χ4v) is 4.40. The summed E-state index contributed by atoms with van der Waals surface area (Å²) >= 11 is 0. The van der Waals surface area contributed by atoms with Gasteiger partial charge in [-0.15, -0.1) is 0 Å². The first kappa shape index (κ1) is 26.7. The van der Waals surface area contributed by atoms with Gasteiger partial charge in [0.25, 0.3) is 11.5 Å². The third-order valence-electron chi connectivity index (χ3n) is 6.33. The van der Waals surface area contributed by atoms with Crippen LogP contribution in [-0.2, 0) is 17.9 Å². The summed E-state index contributed by atoms with van der Waals surface area (Å²) in [6, 6.07) is 15.1. The largest absolute Gasteiger partial charge is 0.467 e. The first-order chi connectivity index (χ1) is 18.3. The van der Waals surface area contributed by atoms with Crippen LogP contribution in [-0.4, -0.2) is 38.9 Å². The van der Waals surface area contributed by atoms with Crippen LogP contribution >= 0.6 is 0 Å². The van der Waals surface area contributed by atoms with Gasteiger partial charge in [0, 0.05) is 18.7 Å². The quantitative estimate of drug-likeness (QED) is 0.346. The fraction of sp³-hybridized carbons (Fsp3) is 0.310. The summed E-state index contributed by atoms with van der Waals surface area (Å²) in [6.45, 7) is 6.96. The summed E-state index contributed by atoms with van der Waals surface area (Å²) in [7, 11) is 0. The van der Waals surface area contributed by atoms with Crippen molar-refractivity contribution in [2.45, 2.75) is 46.7 Å². The van der Waals surface area contributed by atoms with Crippen molar-refractivity contribution in [2.75, 3.05) is 13.1 Å². The van der Waals surface area contributed by atoms with Crippen molar-refractivity contribution in [3.63, 3.8) is 0 Å². The Hall–Kier alpha value is -4.40. The third-order valence-corrected chi connectivity index (χ3v) is 6.33. The Morgan fingerprint density at radius 2 is 1.68 bits per heavy atom. The van der Waals surface area contributed by atoms with Crippen LogP contribution in [0.15, 0.2) is 74.9 Å². The minimum absolute atomic E-state index is 0.188. The Balaban J connectivity index is 1.83. The molecule has 0 fully saturated rings. The normalized spacial score (nSPS) is 11.0. The molecule has 0 atom stereocenters. The predicted molar refractivity (Wildman–Crippen MR) is 146 cm³/mol. The molecule has 38 heavy (non-hydrogen) atoms. The van der Waals surface area contributed by atoms with E-state index in [2.05, 4.69) is 5.32 Å². The van der Waals surface area contributed by atoms with Gasteiger partial charge in [0.2, 0.25) is 5.91 Å². The van der Waals surface area contributed by atoms with E-state index in [1.165, 1.54) is 29.0 Å². The van der Waals surface area contributed by atoms with Gasteiger partial charge in [-0.25, -0.2) is 9.36 Å². The molecule has 1 N–H and O–H groups in total. The maximum Gasteiger partial charge on any atom is 0.336 e. The molecular weight excluding hydrogens is 484 g/mol. The van der Waals surface area contributed by atoms with E-state index in [0.717, 1.165) is 23.0 Å². The number of amides is 2. The highest BCUT2D eigenvalue weighted by Crippen LogP contribution is 2.15. The molecule has 2 aromatic carbocycles. The zero-order valence-electron chi connectivity index (χ0n) is 21.9. The summed E-state index contributed by atoms with van der Waals surface area (Å²) in [5, 5.41) is 3.01. The van der Waals surface area contributed by atoms with Gasteiger partial charge in [-0.3, -0.25) is 19.0 Å². The Labute approximate surface area is 220 Å². The van der Waals surface area contributed by atoms with Gasteiger partial charge in [-0.2, -0.15) is 0 Å². The van der Waals surface area contributed by atoms with Crippen LogP contribution < -0.4 is 16.6 Å². The summed E-state index contributed by atoms with van der Waals surface area (Å²) in [4.78, 5) is 55.2. The van der Waals surface area contributed by atoms with Crippen LogP contribution in [0.5, 0.6) is 0 Å². The van der Waals surface area contributed by atoms with Crippen LogP contribution in [0.4, 0.5) is 0 Å². The van der Waals surface area contributed by atoms with Crippen LogP contribution in [0.3, 0.4) is 0 Å². The van der Waals surface area contributed by atoms with E-state index >= 15 is 0 Å². The van der Waals surface area contributed by atoms with Gasteiger partial charge in [0.1, 0.15) is 12.3 Å². The molecule has 0 saturated heterocycles. The van der Waals surface area contributed by atoms with Crippen molar-refractivity contribution in [3.05, 3.63) is 98.6 Å². The SMILES string of the molecule is CCCN(CCC)C(=O)Cn1c(=O)n(-c2ccc(C)cc2)c(=O)c2ccc(C(=O)NCc3ccco3)cc21. The van der Waals surface area contributed by atoms with Gasteiger partial charge < -0.3 is 14.6 Å². The summed E-state index contributed by atoms with van der Waals surface area (Å²) in [5.41, 5.74) is 0.734. The van der Waals surface area contributed by atoms with Crippen molar-refractivity contribution in [3.8, 4) is 5.69 Å². The first-order valence-corrected chi connectivity index (χ1v) is 12.8. The minimum Gasteiger partial charge on any atom is -0.467 e. The van der Waals surface area contributed by atoms with Crippen LogP contribution in [0.2, 0.25) is 0 Å². The number of carbonyl (C=O) groups is 2. The average molecular weight is 517 g/mol. The second kappa shape index (κ2) is 11.8. The van der Waals surface area contributed by atoms with E-state index in [1.54, 1.807) is 29.2 Å². The molecule has 2 amide bonds. The molecule has 4 aromatic rings. The molecular formula is C29H32N4O5. The number of hydrogen-bond donors (Lipinski definition) is 1. The van der Waals surface area contributed by atoms with Crippen molar-refractivity contribution in [1.29, 1.82) is 0 Å². The summed E-state index contributed by atoms with van der Waals surface area (Å²) in [6.07, 6.45) is 3.08. The number of rotatable bonds is 10. The number of hydrogen-bond acceptors (Lipinski definition) is 5. The third kappa shape index (κ3) is 5.61. The second-order valence-electron chi connectivity index (χ2n) is 9.22. The zero-order valence-corrected chi connectivity index (χ0v) is 21.9. The molecule has 0 aliphatic carbocycles. The van der Waals surface area contributed by atoms with Crippen LogP contribution in [0.25, 0.3) is 16.6 Å². The number of nitrogens with one attached hydrogen (secondary N) is 1. The standard InChI is InChI=1S/C29H32N4O5/c1-4-14-31(15-5-2)26(34)19-32-25-17-21(27(35)30-18-23-7-6-16-38-23)10-13-24(25)28(36)33(29(32)37)22-11-8-20(3)9-12-22/h6-13,16-17H,4-5,14-15,18-19H2,1-3H3,(H,30,35). The lowest BCUT2D eigenvalue weighted by atomic mass is 10.1. The predicted octanol–water partition coefficient (Wildman–Crippen LogP) is 3.63. The lowest BCUT2D eigenvalue weighted by Crippen LogP contribution is -2.43. The van der Waals surface area contributed by atoms with Crippen molar-refractivity contribution < 1.29 is 14.0 Å². The Morgan fingerprint density at radius 3 is 2.32 bits per heavy atom. The molecule has 0 saturated carbocycles. The number of aryl methyl sites for hydroxylation is 1. The number of carbonyl (C=O) groups excluding carboxylic acids is 2. The number of aromatic nitrogens is 2. The van der Waals surface area contributed by atoms with Gasteiger partial charge in [-0.05, 0) is 62.2 Å². The van der Waals surface area contributed by atoms with Crippen LogP contribution in [0, 0.1) is 6.92 Å². The summed E-state index contributed by atoms with van der Waals surface area (Å²) in [5.74, 6) is -0.0246. The highest BCUT2D eigenvalue weighted by molar-refractivity contribution is 5.98. The highest BCUT2D eigenvalue weighted by atomic mass is 16.3. The number of nitrogens with zero attached hydrogens (tertiary/aromatic N) is 3. The smallest absolute Gasteiger partial charge is 0.336 e. The molecule has 0 unspecified atom stereocenters. The molecule has 9 heteroatoms.